The van der Waals surface area contributed by atoms with Crippen molar-refractivity contribution in [2.75, 3.05) is 32.7 Å². The van der Waals surface area contributed by atoms with Gasteiger partial charge in [0.25, 0.3) is 5.91 Å². The van der Waals surface area contributed by atoms with Crippen LogP contribution in [-0.2, 0) is 13.6 Å². The molecule has 0 bridgehead atoms. The maximum Gasteiger partial charge on any atom is 0.274 e. The molecule has 3 heterocycles. The Hall–Kier alpha value is -1.89. The highest BCUT2D eigenvalue weighted by atomic mass is 35.5. The van der Waals surface area contributed by atoms with E-state index in [0.717, 1.165) is 43.1 Å². The number of carbonyl (C=O) groups excluding carboxylic acids is 1. The van der Waals surface area contributed by atoms with Crippen LogP contribution in [0.4, 0.5) is 0 Å². The lowest BCUT2D eigenvalue weighted by molar-refractivity contribution is 0.0712. The van der Waals surface area contributed by atoms with Crippen molar-refractivity contribution in [3.63, 3.8) is 0 Å². The maximum atomic E-state index is 13.2. The van der Waals surface area contributed by atoms with E-state index in [-0.39, 0.29) is 5.91 Å². The van der Waals surface area contributed by atoms with Crippen molar-refractivity contribution in [3.8, 4) is 0 Å². The highest BCUT2D eigenvalue weighted by molar-refractivity contribution is 6.30. The van der Waals surface area contributed by atoms with Gasteiger partial charge in [0, 0.05) is 63.6 Å². The molecule has 1 saturated carbocycles. The van der Waals surface area contributed by atoms with E-state index in [1.807, 2.05) is 40.8 Å². The monoisotopic (exact) mass is 399 g/mol. The fourth-order valence-corrected chi connectivity index (χ4v) is 5.01. The SMILES string of the molecule is Cn1cnc(C(=O)N(Cc2cccc(Cl)c2)CC2C3CN(C4CNC4)CC23)c1. The molecule has 0 radical (unpaired) electrons. The second kappa shape index (κ2) is 7.17. The first kappa shape index (κ1) is 18.2. The Morgan fingerprint density at radius 3 is 2.71 bits per heavy atom. The van der Waals surface area contributed by atoms with Gasteiger partial charge in [0.15, 0.2) is 0 Å². The molecule has 1 aliphatic carbocycles. The molecule has 28 heavy (non-hydrogen) atoms. The number of benzene rings is 1. The van der Waals surface area contributed by atoms with E-state index in [2.05, 4.69) is 15.2 Å². The van der Waals surface area contributed by atoms with Gasteiger partial charge < -0.3 is 14.8 Å². The summed E-state index contributed by atoms with van der Waals surface area (Å²) in [5.74, 6) is 2.08. The van der Waals surface area contributed by atoms with Gasteiger partial charge >= 0.3 is 0 Å². The third-order valence-corrected chi connectivity index (χ3v) is 6.82. The van der Waals surface area contributed by atoms with Gasteiger partial charge in [0.1, 0.15) is 5.69 Å². The number of likely N-dealkylation sites (tertiary alicyclic amines) is 1. The van der Waals surface area contributed by atoms with Crippen molar-refractivity contribution in [2.24, 2.45) is 24.8 Å². The van der Waals surface area contributed by atoms with E-state index in [1.165, 1.54) is 13.1 Å². The van der Waals surface area contributed by atoms with Crippen LogP contribution in [-0.4, -0.2) is 64.0 Å². The van der Waals surface area contributed by atoms with Crippen LogP contribution in [0.25, 0.3) is 0 Å². The Kier molecular flexibility index (Phi) is 4.65. The second-order valence-electron chi connectivity index (χ2n) is 8.50. The summed E-state index contributed by atoms with van der Waals surface area (Å²) in [4.78, 5) is 22.0. The number of hydrogen-bond donors (Lipinski definition) is 1. The van der Waals surface area contributed by atoms with Crippen molar-refractivity contribution >= 4 is 17.5 Å². The Balaban J connectivity index is 1.28. The second-order valence-corrected chi connectivity index (χ2v) is 8.93. The molecule has 148 valence electrons. The minimum Gasteiger partial charge on any atom is -0.340 e. The molecule has 1 amide bonds. The highest BCUT2D eigenvalue weighted by Crippen LogP contribution is 2.52. The summed E-state index contributed by atoms with van der Waals surface area (Å²) >= 11 is 6.16. The molecule has 1 aromatic heterocycles. The first-order valence-corrected chi connectivity index (χ1v) is 10.4. The Morgan fingerprint density at radius 2 is 2.11 bits per heavy atom. The third-order valence-electron chi connectivity index (χ3n) is 6.58. The molecule has 2 aromatic rings. The number of carbonyl (C=O) groups is 1. The predicted molar refractivity (Wildman–Crippen MR) is 108 cm³/mol. The minimum atomic E-state index is 0.00518. The van der Waals surface area contributed by atoms with E-state index >= 15 is 0 Å². The number of aromatic nitrogens is 2. The van der Waals surface area contributed by atoms with Gasteiger partial charge in [-0.3, -0.25) is 9.69 Å². The normalized spacial score (nSPS) is 26.7. The molecule has 3 fully saturated rings. The fourth-order valence-electron chi connectivity index (χ4n) is 4.80. The number of imidazole rings is 1. The average Bonchev–Trinajstić information content (AvgIpc) is 2.99. The minimum absolute atomic E-state index is 0.00518. The van der Waals surface area contributed by atoms with E-state index in [1.54, 1.807) is 12.5 Å². The van der Waals surface area contributed by atoms with Crippen LogP contribution in [0.5, 0.6) is 0 Å². The van der Waals surface area contributed by atoms with E-state index in [0.29, 0.717) is 23.2 Å². The molecular formula is C21H26ClN5O. The quantitative estimate of drug-likeness (QED) is 0.805. The van der Waals surface area contributed by atoms with Gasteiger partial charge in [-0.25, -0.2) is 4.98 Å². The average molecular weight is 400 g/mol. The van der Waals surface area contributed by atoms with Crippen molar-refractivity contribution in [1.82, 2.24) is 24.7 Å². The molecule has 5 rings (SSSR count). The topological polar surface area (TPSA) is 53.4 Å². The number of amides is 1. The van der Waals surface area contributed by atoms with Gasteiger partial charge in [-0.15, -0.1) is 0 Å². The standard InChI is InChI=1S/C21H26ClN5O/c1-25-12-20(24-13-25)21(28)27(8-14-3-2-4-15(22)5-14)11-19-17-9-26(10-18(17)19)16-6-23-7-16/h2-5,12-13,16-19,23H,6-11H2,1H3. The number of piperidine rings is 1. The number of nitrogens with one attached hydrogen (secondary N) is 1. The number of rotatable bonds is 6. The van der Waals surface area contributed by atoms with E-state index in [4.69, 9.17) is 11.6 Å². The van der Waals surface area contributed by atoms with Gasteiger partial charge in [0.05, 0.1) is 6.33 Å². The van der Waals surface area contributed by atoms with Crippen LogP contribution in [0.2, 0.25) is 5.02 Å². The molecule has 1 N–H and O–H groups in total. The largest absolute Gasteiger partial charge is 0.340 e. The molecule has 2 aliphatic heterocycles. The van der Waals surface area contributed by atoms with Crippen LogP contribution in [0.1, 0.15) is 16.1 Å². The van der Waals surface area contributed by atoms with E-state index in [9.17, 15) is 4.79 Å². The number of halogens is 1. The summed E-state index contributed by atoms with van der Waals surface area (Å²) in [6, 6.07) is 8.51. The summed E-state index contributed by atoms with van der Waals surface area (Å²) in [7, 11) is 1.89. The molecule has 3 aliphatic rings. The highest BCUT2D eigenvalue weighted by Gasteiger charge is 2.57. The Morgan fingerprint density at radius 1 is 1.32 bits per heavy atom. The lowest BCUT2D eigenvalue weighted by Gasteiger charge is -2.37. The molecule has 2 saturated heterocycles. The summed E-state index contributed by atoms with van der Waals surface area (Å²) in [5, 5.41) is 4.07. The molecule has 1 aromatic carbocycles. The first-order valence-electron chi connectivity index (χ1n) is 10.0. The first-order chi connectivity index (χ1) is 13.6. The Labute approximate surface area is 170 Å². The van der Waals surface area contributed by atoms with Crippen molar-refractivity contribution in [3.05, 3.63) is 53.1 Å². The number of nitrogens with zero attached hydrogens (tertiary/aromatic N) is 4. The van der Waals surface area contributed by atoms with Crippen LogP contribution in [0.15, 0.2) is 36.8 Å². The van der Waals surface area contributed by atoms with E-state index < -0.39 is 0 Å². The van der Waals surface area contributed by atoms with Crippen LogP contribution >= 0.6 is 11.6 Å². The van der Waals surface area contributed by atoms with Gasteiger partial charge in [-0.2, -0.15) is 0 Å². The summed E-state index contributed by atoms with van der Waals surface area (Å²) in [5.41, 5.74) is 1.57. The molecule has 7 heteroatoms. The molecule has 0 spiro atoms. The van der Waals surface area contributed by atoms with Crippen molar-refractivity contribution < 1.29 is 4.79 Å². The van der Waals surface area contributed by atoms with Gasteiger partial charge in [0.2, 0.25) is 0 Å². The number of aryl methyl sites for hydroxylation is 1. The van der Waals surface area contributed by atoms with Crippen LogP contribution < -0.4 is 5.32 Å². The summed E-state index contributed by atoms with van der Waals surface area (Å²) < 4.78 is 1.82. The van der Waals surface area contributed by atoms with Crippen molar-refractivity contribution in [1.29, 1.82) is 0 Å². The number of fused-ring (bicyclic) bond motifs is 1. The summed E-state index contributed by atoms with van der Waals surface area (Å²) in [6.45, 7) is 6.00. The van der Waals surface area contributed by atoms with Crippen molar-refractivity contribution in [2.45, 2.75) is 12.6 Å². The molecule has 6 nitrogen and oxygen atoms in total. The lowest BCUT2D eigenvalue weighted by atomic mass is 10.1. The van der Waals surface area contributed by atoms with Crippen LogP contribution in [0, 0.1) is 17.8 Å². The predicted octanol–water partition coefficient (Wildman–Crippen LogP) is 1.87. The zero-order valence-electron chi connectivity index (χ0n) is 16.1. The fraction of sp³-hybridized carbons (Fsp3) is 0.524. The molecular weight excluding hydrogens is 374 g/mol. The number of hydrogen-bond acceptors (Lipinski definition) is 4. The lowest BCUT2D eigenvalue weighted by Crippen LogP contribution is -2.57. The Bertz CT molecular complexity index is 867. The van der Waals surface area contributed by atoms with Crippen LogP contribution in [0.3, 0.4) is 0 Å². The zero-order chi connectivity index (χ0) is 19.3. The van der Waals surface area contributed by atoms with Gasteiger partial charge in [-0.1, -0.05) is 23.7 Å². The zero-order valence-corrected chi connectivity index (χ0v) is 16.8. The smallest absolute Gasteiger partial charge is 0.274 e. The van der Waals surface area contributed by atoms with Gasteiger partial charge in [-0.05, 0) is 35.4 Å². The summed E-state index contributed by atoms with van der Waals surface area (Å²) in [6.07, 6.45) is 3.48. The third kappa shape index (κ3) is 3.45. The molecule has 2 atom stereocenters. The molecule has 2 unspecified atom stereocenters. The maximum absolute atomic E-state index is 13.2.